The zero-order valence-electron chi connectivity index (χ0n) is 30.2. The first-order valence-electron chi connectivity index (χ1n) is 18.4. The van der Waals surface area contributed by atoms with E-state index in [1.807, 2.05) is 146 Å². The highest BCUT2D eigenvalue weighted by Crippen LogP contribution is 2.44. The van der Waals surface area contributed by atoms with Gasteiger partial charge in [-0.3, -0.25) is 14.4 Å². The summed E-state index contributed by atoms with van der Waals surface area (Å²) in [6.07, 6.45) is -0.372. The molecule has 5 aromatic carbocycles. The maximum atomic E-state index is 14.5. The fourth-order valence-electron chi connectivity index (χ4n) is 7.45. The maximum Gasteiger partial charge on any atom is 0.407 e. The van der Waals surface area contributed by atoms with Gasteiger partial charge in [-0.25, -0.2) is 4.79 Å². The Hall–Kier alpha value is -6.22. The molecular weight excluding hydrogens is 679 g/mol. The van der Waals surface area contributed by atoms with Gasteiger partial charge in [0.15, 0.2) is 0 Å². The largest absolute Gasteiger partial charge is 0.481 e. The minimum Gasteiger partial charge on any atom is -0.481 e. The summed E-state index contributed by atoms with van der Waals surface area (Å²) in [5.41, 5.74) is 5.40. The SMILES string of the molecule is CCCCNC(=O)C(CC(=O)O)[C@@H](CC(=O)NC(c1ccccc1)(c1ccccc1)c1ccccc1)NC(=O)OCC1c2ccccc2-c2ccccc21. The van der Waals surface area contributed by atoms with E-state index in [9.17, 15) is 24.3 Å². The number of aliphatic carboxylic acids is 1. The van der Waals surface area contributed by atoms with Crippen molar-refractivity contribution in [1.82, 2.24) is 16.0 Å². The average molecular weight is 724 g/mol. The number of carboxylic acids is 1. The third-order valence-electron chi connectivity index (χ3n) is 10.0. The van der Waals surface area contributed by atoms with E-state index in [1.165, 1.54) is 0 Å². The molecule has 0 radical (unpaired) electrons. The molecule has 0 spiro atoms. The van der Waals surface area contributed by atoms with E-state index in [1.54, 1.807) is 0 Å². The Balaban J connectivity index is 1.31. The van der Waals surface area contributed by atoms with Crippen molar-refractivity contribution in [2.45, 2.75) is 50.1 Å². The minimum absolute atomic E-state index is 0.00417. The first-order valence-corrected chi connectivity index (χ1v) is 18.4. The number of alkyl carbamates (subject to hydrolysis) is 1. The van der Waals surface area contributed by atoms with E-state index < -0.39 is 54.2 Å². The van der Waals surface area contributed by atoms with Crippen LogP contribution in [0.25, 0.3) is 11.1 Å². The highest BCUT2D eigenvalue weighted by atomic mass is 16.5. The second-order valence-corrected chi connectivity index (χ2v) is 13.5. The average Bonchev–Trinajstić information content (AvgIpc) is 3.52. The standard InChI is InChI=1S/C45H45N3O6/c1-2-3-27-46-43(52)38(28-42(50)51)40(47-44(53)54-30-39-36-25-15-13-23-34(36)35-24-14-16-26-37(35)39)29-41(49)48-45(31-17-7-4-8-18-31,32-19-9-5-10-20-32)33-21-11-6-12-22-33/h4-26,38-40H,2-3,27-30H2,1H3,(H,46,52)(H,47,53)(H,48,49)(H,50,51)/t38?,40-/m1/s1. The molecule has 9 nitrogen and oxygen atoms in total. The zero-order chi connectivity index (χ0) is 37.9. The minimum atomic E-state index is -1.27. The fourth-order valence-corrected chi connectivity index (χ4v) is 7.45. The van der Waals surface area contributed by atoms with Crippen molar-refractivity contribution in [2.75, 3.05) is 13.2 Å². The second kappa shape index (κ2) is 17.5. The number of benzene rings is 5. The molecule has 0 fully saturated rings. The van der Waals surface area contributed by atoms with Gasteiger partial charge in [0, 0.05) is 18.9 Å². The summed E-state index contributed by atoms with van der Waals surface area (Å²) in [4.78, 5) is 54.1. The van der Waals surface area contributed by atoms with Crippen LogP contribution in [0.3, 0.4) is 0 Å². The normalized spacial score (nSPS) is 13.1. The van der Waals surface area contributed by atoms with Crippen LogP contribution in [0.4, 0.5) is 4.79 Å². The Labute approximate surface area is 315 Å². The van der Waals surface area contributed by atoms with Crippen molar-refractivity contribution < 1.29 is 29.0 Å². The first-order chi connectivity index (χ1) is 26.3. The molecule has 0 heterocycles. The van der Waals surface area contributed by atoms with Gasteiger partial charge >= 0.3 is 12.1 Å². The first kappa shape index (κ1) is 37.5. The maximum absolute atomic E-state index is 14.5. The quantitative estimate of drug-likeness (QED) is 0.0620. The van der Waals surface area contributed by atoms with Gasteiger partial charge in [-0.2, -0.15) is 0 Å². The zero-order valence-corrected chi connectivity index (χ0v) is 30.2. The lowest BCUT2D eigenvalue weighted by Crippen LogP contribution is -2.53. The van der Waals surface area contributed by atoms with Crippen LogP contribution in [-0.4, -0.2) is 48.2 Å². The van der Waals surface area contributed by atoms with Crippen LogP contribution in [-0.2, 0) is 24.7 Å². The monoisotopic (exact) mass is 723 g/mol. The van der Waals surface area contributed by atoms with Crippen molar-refractivity contribution in [1.29, 1.82) is 0 Å². The van der Waals surface area contributed by atoms with Crippen LogP contribution < -0.4 is 16.0 Å². The number of hydrogen-bond acceptors (Lipinski definition) is 5. The lowest BCUT2D eigenvalue weighted by atomic mass is 9.76. The number of rotatable bonds is 16. The van der Waals surface area contributed by atoms with Gasteiger partial charge in [-0.05, 0) is 45.4 Å². The molecule has 0 aliphatic heterocycles. The number of carbonyl (C=O) groups is 4. The summed E-state index contributed by atoms with van der Waals surface area (Å²) in [5, 5.41) is 18.8. The molecule has 2 atom stereocenters. The Kier molecular flexibility index (Phi) is 12.2. The van der Waals surface area contributed by atoms with E-state index in [0.29, 0.717) is 13.0 Å². The Morgan fingerprint density at radius 1 is 0.685 bits per heavy atom. The van der Waals surface area contributed by atoms with E-state index in [0.717, 1.165) is 45.4 Å². The van der Waals surface area contributed by atoms with Crippen LogP contribution in [0, 0.1) is 5.92 Å². The number of hydrogen-bond donors (Lipinski definition) is 4. The summed E-state index contributed by atoms with van der Waals surface area (Å²) in [7, 11) is 0. The number of unbranched alkanes of at least 4 members (excludes halogenated alkanes) is 1. The van der Waals surface area contributed by atoms with Crippen molar-refractivity contribution in [3.63, 3.8) is 0 Å². The summed E-state index contributed by atoms with van der Waals surface area (Å²) in [6.45, 7) is 2.31. The van der Waals surface area contributed by atoms with Gasteiger partial charge in [0.2, 0.25) is 11.8 Å². The topological polar surface area (TPSA) is 134 Å². The third-order valence-corrected chi connectivity index (χ3v) is 10.0. The molecule has 0 bridgehead atoms. The highest BCUT2D eigenvalue weighted by Gasteiger charge is 2.40. The molecular formula is C45H45N3O6. The van der Waals surface area contributed by atoms with Crippen LogP contribution in [0.5, 0.6) is 0 Å². The molecule has 0 aromatic heterocycles. The van der Waals surface area contributed by atoms with Gasteiger partial charge in [-0.1, -0.05) is 153 Å². The molecule has 54 heavy (non-hydrogen) atoms. The molecule has 9 heteroatoms. The Bertz CT molecular complexity index is 1910. The van der Waals surface area contributed by atoms with Crippen molar-refractivity contribution >= 4 is 23.9 Å². The second-order valence-electron chi connectivity index (χ2n) is 13.5. The number of nitrogens with one attached hydrogen (secondary N) is 3. The molecule has 276 valence electrons. The molecule has 1 unspecified atom stereocenters. The predicted molar refractivity (Wildman–Crippen MR) is 208 cm³/mol. The van der Waals surface area contributed by atoms with Gasteiger partial charge in [0.05, 0.1) is 18.4 Å². The van der Waals surface area contributed by atoms with Crippen LogP contribution in [0.1, 0.15) is 66.3 Å². The van der Waals surface area contributed by atoms with Crippen molar-refractivity contribution in [3.8, 4) is 11.1 Å². The number of amides is 3. The molecule has 0 saturated heterocycles. The smallest absolute Gasteiger partial charge is 0.407 e. The number of carbonyl (C=O) groups excluding carboxylic acids is 3. The van der Waals surface area contributed by atoms with Crippen molar-refractivity contribution in [2.24, 2.45) is 5.92 Å². The molecule has 1 aliphatic rings. The van der Waals surface area contributed by atoms with E-state index in [4.69, 9.17) is 4.74 Å². The van der Waals surface area contributed by atoms with Crippen molar-refractivity contribution in [3.05, 3.63) is 167 Å². The number of fused-ring (bicyclic) bond motifs is 3. The third kappa shape index (κ3) is 8.36. The summed E-state index contributed by atoms with van der Waals surface area (Å²) >= 11 is 0. The van der Waals surface area contributed by atoms with Crippen LogP contribution in [0.15, 0.2) is 140 Å². The number of ether oxygens (including phenoxy) is 1. The predicted octanol–water partition coefficient (Wildman–Crippen LogP) is 7.40. The number of carboxylic acid groups (broad SMARTS) is 1. The molecule has 1 aliphatic carbocycles. The van der Waals surface area contributed by atoms with Gasteiger partial charge in [-0.15, -0.1) is 0 Å². The fraction of sp³-hybridized carbons (Fsp3) is 0.244. The molecule has 3 amide bonds. The van der Waals surface area contributed by atoms with Gasteiger partial charge in [0.25, 0.3) is 0 Å². The summed E-state index contributed by atoms with van der Waals surface area (Å²) in [6, 6.07) is 43.4. The lowest BCUT2D eigenvalue weighted by Gasteiger charge is -2.37. The summed E-state index contributed by atoms with van der Waals surface area (Å²) < 4.78 is 5.83. The van der Waals surface area contributed by atoms with E-state index in [2.05, 4.69) is 16.0 Å². The Morgan fingerprint density at radius 2 is 1.17 bits per heavy atom. The Morgan fingerprint density at radius 3 is 1.65 bits per heavy atom. The molecule has 5 aromatic rings. The van der Waals surface area contributed by atoms with E-state index >= 15 is 0 Å². The van der Waals surface area contributed by atoms with Crippen LogP contribution >= 0.6 is 0 Å². The summed E-state index contributed by atoms with van der Waals surface area (Å²) in [5.74, 6) is -3.81. The van der Waals surface area contributed by atoms with Crippen LogP contribution in [0.2, 0.25) is 0 Å². The molecule has 4 N–H and O–H groups in total. The molecule has 6 rings (SSSR count). The van der Waals surface area contributed by atoms with Gasteiger partial charge < -0.3 is 25.8 Å². The highest BCUT2D eigenvalue weighted by molar-refractivity contribution is 5.87. The van der Waals surface area contributed by atoms with E-state index in [-0.39, 0.29) is 12.5 Å². The molecule has 0 saturated carbocycles. The lowest BCUT2D eigenvalue weighted by molar-refractivity contribution is -0.142. The van der Waals surface area contributed by atoms with Gasteiger partial charge in [0.1, 0.15) is 12.1 Å².